The van der Waals surface area contributed by atoms with Crippen LogP contribution in [0.1, 0.15) is 129 Å². The lowest BCUT2D eigenvalue weighted by Gasteiger charge is -2.31. The minimum Gasteiger partial charge on any atom is -0.477 e. The molecule has 0 heterocycles. The summed E-state index contributed by atoms with van der Waals surface area (Å²) in [5, 5.41) is 9.56. The molecule has 0 aromatic carbocycles. The van der Waals surface area contributed by atoms with Gasteiger partial charge < -0.3 is 23.8 Å². The number of rotatable bonds is 31. The van der Waals surface area contributed by atoms with Crippen molar-refractivity contribution >= 4 is 17.9 Å². The van der Waals surface area contributed by atoms with Crippen molar-refractivity contribution in [3.63, 3.8) is 0 Å². The number of hydrogen-bond acceptors (Lipinski definition) is 6. The molecule has 0 aromatic rings. The highest BCUT2D eigenvalue weighted by Crippen LogP contribution is 2.13. The molecule has 0 rings (SSSR count). The first kappa shape index (κ1) is 44.3. The highest BCUT2D eigenvalue weighted by molar-refractivity contribution is 5.72. The normalized spacial score (nSPS) is 13.6. The van der Waals surface area contributed by atoms with E-state index in [-0.39, 0.29) is 42.7 Å². The van der Waals surface area contributed by atoms with E-state index in [0.717, 1.165) is 44.9 Å². The molecule has 0 saturated heterocycles. The molecule has 0 saturated carbocycles. The van der Waals surface area contributed by atoms with Gasteiger partial charge in [0.05, 0.1) is 34.4 Å². The summed E-state index contributed by atoms with van der Waals surface area (Å²) >= 11 is 0. The van der Waals surface area contributed by atoms with Gasteiger partial charge in [-0.1, -0.05) is 127 Å². The number of carbonyl (C=O) groups excluding carboxylic acids is 2. The third-order valence-electron chi connectivity index (χ3n) is 7.84. The molecule has 0 aliphatic rings. The highest BCUT2D eigenvalue weighted by atomic mass is 16.6. The van der Waals surface area contributed by atoms with Gasteiger partial charge in [-0.25, -0.2) is 4.79 Å². The summed E-state index contributed by atoms with van der Waals surface area (Å²) < 4.78 is 17.1. The molecular formula is C39H68NO7+. The number of aliphatic carboxylic acids is 1. The van der Waals surface area contributed by atoms with Crippen molar-refractivity contribution in [1.82, 2.24) is 0 Å². The van der Waals surface area contributed by atoms with Crippen LogP contribution in [0.3, 0.4) is 0 Å². The number of hydrogen-bond donors (Lipinski definition) is 1. The number of carbonyl (C=O) groups is 3. The summed E-state index contributed by atoms with van der Waals surface area (Å²) in [6, 6.07) is -0.620. The molecule has 0 aromatic heterocycles. The first-order valence-corrected chi connectivity index (χ1v) is 18.2. The third-order valence-corrected chi connectivity index (χ3v) is 7.84. The Balaban J connectivity index is 4.54. The van der Waals surface area contributed by atoms with Crippen molar-refractivity contribution in [3.8, 4) is 0 Å². The summed E-state index contributed by atoms with van der Waals surface area (Å²) in [5.74, 6) is -1.53. The number of nitrogens with zero attached hydrogens (tertiary/aromatic N) is 1. The maximum Gasteiger partial charge on any atom is 0.362 e. The molecule has 8 heteroatoms. The monoisotopic (exact) mass is 662 g/mol. The van der Waals surface area contributed by atoms with Crippen LogP contribution >= 0.6 is 0 Å². The zero-order valence-electron chi connectivity index (χ0n) is 30.5. The average Bonchev–Trinajstić information content (AvgIpc) is 3.01. The van der Waals surface area contributed by atoms with Gasteiger partial charge in [0.25, 0.3) is 0 Å². The number of ether oxygens (including phenoxy) is 3. The number of unbranched alkanes of at least 4 members (excludes halogenated alkanes) is 12. The Hall–Kier alpha value is -2.71. The molecule has 0 spiro atoms. The van der Waals surface area contributed by atoms with E-state index in [4.69, 9.17) is 14.2 Å². The lowest BCUT2D eigenvalue weighted by Crippen LogP contribution is -2.50. The van der Waals surface area contributed by atoms with Crippen LogP contribution in [0.25, 0.3) is 0 Å². The van der Waals surface area contributed by atoms with Gasteiger partial charge in [0.1, 0.15) is 6.61 Å². The summed E-state index contributed by atoms with van der Waals surface area (Å²) in [6.45, 7) is 4.51. The van der Waals surface area contributed by atoms with Gasteiger partial charge in [-0.2, -0.15) is 0 Å². The van der Waals surface area contributed by atoms with Gasteiger partial charge in [-0.05, 0) is 32.1 Å². The van der Waals surface area contributed by atoms with Gasteiger partial charge >= 0.3 is 17.9 Å². The molecular weight excluding hydrogens is 594 g/mol. The maximum absolute atomic E-state index is 12.6. The lowest BCUT2D eigenvalue weighted by atomic mass is 10.1. The molecule has 2 atom stereocenters. The minimum absolute atomic E-state index is 0.0448. The first-order valence-electron chi connectivity index (χ1n) is 18.2. The third kappa shape index (κ3) is 29.2. The Morgan fingerprint density at radius 3 is 1.77 bits per heavy atom. The van der Waals surface area contributed by atoms with Crippen molar-refractivity contribution in [1.29, 1.82) is 0 Å². The smallest absolute Gasteiger partial charge is 0.362 e. The number of quaternary nitrogens is 1. The second-order valence-corrected chi connectivity index (χ2v) is 13.2. The summed E-state index contributed by atoms with van der Waals surface area (Å²) in [6.07, 6.45) is 33.0. The number of carboxylic acids is 1. The van der Waals surface area contributed by atoms with E-state index >= 15 is 0 Å². The SMILES string of the molecule is CC/C=C/C=C/C=C/C=C/CCCCCC(=O)OC(COCCC(C(=O)O)[N+](C)(C)C)COC(=O)CCCCCCCCCCCC. The Morgan fingerprint density at radius 1 is 0.660 bits per heavy atom. The molecule has 0 bridgehead atoms. The zero-order valence-corrected chi connectivity index (χ0v) is 30.5. The summed E-state index contributed by atoms with van der Waals surface area (Å²) in [5.41, 5.74) is 0. The van der Waals surface area contributed by atoms with Crippen LogP contribution in [0.4, 0.5) is 0 Å². The Kier molecular flexibility index (Phi) is 28.8. The number of allylic oxidation sites excluding steroid dienone is 8. The molecule has 0 amide bonds. The topological polar surface area (TPSA) is 99.1 Å². The highest BCUT2D eigenvalue weighted by Gasteiger charge is 2.31. The van der Waals surface area contributed by atoms with Crippen LogP contribution in [-0.4, -0.2) is 80.6 Å². The van der Waals surface area contributed by atoms with Crippen LogP contribution in [-0.2, 0) is 28.6 Å². The van der Waals surface area contributed by atoms with Crippen LogP contribution in [0.15, 0.2) is 48.6 Å². The standard InChI is InChI=1S/C39H67NO7/c1-6-8-10-12-14-16-18-19-20-22-24-26-28-30-38(42)47-35(33-45-32-31-36(39(43)44)40(3,4)5)34-46-37(41)29-27-25-23-21-17-15-13-11-9-7-2/h8,10,12,14,16,18-20,35-36H,6-7,9,11,13,15,17,21-34H2,1-5H3/p+1/b10-8+,14-12+,18-16+,20-19+. The van der Waals surface area contributed by atoms with E-state index in [1.165, 1.54) is 44.9 Å². The van der Waals surface area contributed by atoms with E-state index in [0.29, 0.717) is 19.3 Å². The molecule has 0 radical (unpaired) electrons. The van der Waals surface area contributed by atoms with E-state index in [1.807, 2.05) is 57.6 Å². The van der Waals surface area contributed by atoms with Crippen molar-refractivity contribution in [2.75, 3.05) is 41.0 Å². The van der Waals surface area contributed by atoms with Crippen molar-refractivity contribution in [3.05, 3.63) is 48.6 Å². The molecule has 1 N–H and O–H groups in total. The maximum atomic E-state index is 12.6. The zero-order chi connectivity index (χ0) is 35.0. The summed E-state index contributed by atoms with van der Waals surface area (Å²) in [7, 11) is 5.49. The van der Waals surface area contributed by atoms with Gasteiger partial charge in [-0.15, -0.1) is 0 Å². The second kappa shape index (κ2) is 30.6. The van der Waals surface area contributed by atoms with Crippen LogP contribution in [0.2, 0.25) is 0 Å². The Labute approximate surface area is 286 Å². The predicted octanol–water partition coefficient (Wildman–Crippen LogP) is 8.90. The van der Waals surface area contributed by atoms with Gasteiger partial charge in [-0.3, -0.25) is 9.59 Å². The van der Waals surface area contributed by atoms with Crippen molar-refractivity contribution < 1.29 is 38.2 Å². The minimum atomic E-state index is -0.885. The molecule has 0 fully saturated rings. The number of carboxylic acid groups (broad SMARTS) is 1. The molecule has 0 aliphatic carbocycles. The molecule has 270 valence electrons. The average molecular weight is 663 g/mol. The van der Waals surface area contributed by atoms with Gasteiger partial charge in [0.2, 0.25) is 0 Å². The van der Waals surface area contributed by atoms with E-state index in [9.17, 15) is 19.5 Å². The van der Waals surface area contributed by atoms with Crippen LogP contribution in [0.5, 0.6) is 0 Å². The van der Waals surface area contributed by atoms with Gasteiger partial charge in [0.15, 0.2) is 12.1 Å². The quantitative estimate of drug-likeness (QED) is 0.0343. The molecule has 8 nitrogen and oxygen atoms in total. The van der Waals surface area contributed by atoms with Crippen LogP contribution < -0.4 is 0 Å². The molecule has 0 aliphatic heterocycles. The van der Waals surface area contributed by atoms with Crippen molar-refractivity contribution in [2.45, 2.75) is 142 Å². The number of esters is 2. The van der Waals surface area contributed by atoms with Gasteiger partial charge in [0, 0.05) is 19.3 Å². The number of likely N-dealkylation sites (N-methyl/N-ethyl adjacent to an activating group) is 1. The van der Waals surface area contributed by atoms with E-state index in [2.05, 4.69) is 26.0 Å². The lowest BCUT2D eigenvalue weighted by molar-refractivity contribution is -0.887. The molecule has 2 unspecified atom stereocenters. The first-order chi connectivity index (χ1) is 22.6. The Bertz CT molecular complexity index is 917. The molecule has 47 heavy (non-hydrogen) atoms. The fourth-order valence-corrected chi connectivity index (χ4v) is 4.98. The van der Waals surface area contributed by atoms with E-state index < -0.39 is 18.1 Å². The van der Waals surface area contributed by atoms with Crippen molar-refractivity contribution in [2.24, 2.45) is 0 Å². The largest absolute Gasteiger partial charge is 0.477 e. The Morgan fingerprint density at radius 2 is 1.19 bits per heavy atom. The van der Waals surface area contributed by atoms with E-state index in [1.54, 1.807) is 0 Å². The predicted molar refractivity (Wildman–Crippen MR) is 192 cm³/mol. The van der Waals surface area contributed by atoms with Crippen LogP contribution in [0, 0.1) is 0 Å². The fourth-order valence-electron chi connectivity index (χ4n) is 4.98. The second-order valence-electron chi connectivity index (χ2n) is 13.2. The summed E-state index contributed by atoms with van der Waals surface area (Å²) in [4.78, 5) is 36.7. The fraction of sp³-hybridized carbons (Fsp3) is 0.718.